The van der Waals surface area contributed by atoms with Crippen molar-refractivity contribution in [1.29, 1.82) is 0 Å². The van der Waals surface area contributed by atoms with E-state index < -0.39 is 12.2 Å². The van der Waals surface area contributed by atoms with E-state index >= 15 is 0 Å². The number of rotatable bonds is 8. The molecule has 0 fully saturated rings. The van der Waals surface area contributed by atoms with E-state index in [1.807, 2.05) is 49.4 Å². The third-order valence-corrected chi connectivity index (χ3v) is 6.82. The minimum absolute atomic E-state index is 0.00685. The fourth-order valence-electron chi connectivity index (χ4n) is 4.56. The Hall–Kier alpha value is -4.44. The lowest BCUT2D eigenvalue weighted by atomic mass is 9.92. The van der Waals surface area contributed by atoms with Crippen molar-refractivity contribution in [3.63, 3.8) is 0 Å². The molecule has 214 valence electrons. The Morgan fingerprint density at radius 3 is 2.68 bits per heavy atom. The molecule has 1 aliphatic carbocycles. The van der Waals surface area contributed by atoms with Crippen molar-refractivity contribution in [2.75, 3.05) is 18.5 Å². The van der Waals surface area contributed by atoms with Crippen molar-refractivity contribution in [2.45, 2.75) is 52.2 Å². The Bertz CT molecular complexity index is 1610. The van der Waals surface area contributed by atoms with Crippen molar-refractivity contribution in [2.24, 2.45) is 0 Å². The van der Waals surface area contributed by atoms with Crippen LogP contribution in [0.5, 0.6) is 5.75 Å². The first-order valence-corrected chi connectivity index (χ1v) is 13.6. The van der Waals surface area contributed by atoms with Gasteiger partial charge in [0.15, 0.2) is 0 Å². The zero-order chi connectivity index (χ0) is 29.1. The second-order valence-corrected chi connectivity index (χ2v) is 11.1. The lowest BCUT2D eigenvalue weighted by Gasteiger charge is -2.19. The van der Waals surface area contributed by atoms with E-state index in [1.54, 1.807) is 27.7 Å². The van der Waals surface area contributed by atoms with Crippen molar-refractivity contribution in [1.82, 2.24) is 24.9 Å². The lowest BCUT2D eigenvalue weighted by Crippen LogP contribution is -2.32. The maximum atomic E-state index is 14.3. The number of aliphatic hydroxyl groups is 1. The molecule has 4 aromatic rings. The Morgan fingerprint density at radius 1 is 1.17 bits per heavy atom. The highest BCUT2D eigenvalue weighted by molar-refractivity contribution is 5.89. The monoisotopic (exact) mass is 558 g/mol. The molecule has 2 aromatic heterocycles. The molecule has 1 unspecified atom stereocenters. The van der Waals surface area contributed by atoms with Gasteiger partial charge in [-0.3, -0.25) is 10.00 Å². The highest BCUT2D eigenvalue weighted by Crippen LogP contribution is 2.28. The number of amides is 2. The summed E-state index contributed by atoms with van der Waals surface area (Å²) in [7, 11) is 0. The van der Waals surface area contributed by atoms with Gasteiger partial charge in [0.1, 0.15) is 23.5 Å². The first kappa shape index (κ1) is 28.1. The van der Waals surface area contributed by atoms with E-state index in [9.17, 15) is 14.3 Å². The maximum absolute atomic E-state index is 14.3. The molecule has 0 saturated carbocycles. The summed E-state index contributed by atoms with van der Waals surface area (Å²) in [6, 6.07) is 14.8. The number of aryl methyl sites for hydroxylation is 1. The third kappa shape index (κ3) is 6.49. The number of anilines is 1. The number of halogens is 1. The molecular weight excluding hydrogens is 523 g/mol. The summed E-state index contributed by atoms with van der Waals surface area (Å²) in [5.41, 5.74) is 3.98. The predicted molar refractivity (Wildman–Crippen MR) is 157 cm³/mol. The summed E-state index contributed by atoms with van der Waals surface area (Å²) in [5, 5.41) is 24.9. The summed E-state index contributed by atoms with van der Waals surface area (Å²) < 4.78 is 23.9. The highest BCUT2D eigenvalue weighted by Gasteiger charge is 2.22. The van der Waals surface area contributed by atoms with Crippen molar-refractivity contribution in [3.05, 3.63) is 89.5 Å². The van der Waals surface area contributed by atoms with Gasteiger partial charge in [-0.1, -0.05) is 38.5 Å². The van der Waals surface area contributed by atoms with E-state index in [4.69, 9.17) is 9.84 Å². The summed E-state index contributed by atoms with van der Waals surface area (Å²) in [6.45, 7) is 8.67. The molecule has 41 heavy (non-hydrogen) atoms. The highest BCUT2D eigenvalue weighted by atomic mass is 19.1. The number of alkyl halides is 1. The number of fused-ring (bicyclic) bond motifs is 1. The zero-order valence-electron chi connectivity index (χ0n) is 23.7. The van der Waals surface area contributed by atoms with Crippen LogP contribution in [0.25, 0.3) is 16.6 Å². The number of hydrogen-bond acceptors (Lipinski definition) is 5. The molecule has 9 nitrogen and oxygen atoms in total. The number of hydrogen-bond donors (Lipinski definition) is 3. The molecule has 0 bridgehead atoms. The average Bonchev–Trinajstić information content (AvgIpc) is 3.54. The summed E-state index contributed by atoms with van der Waals surface area (Å²) in [6.07, 6.45) is 3.90. The standard InChI is InChI=1S/C31H35FN6O3/c1-20-5-8-24(9-6-20)38-29(17-28(36-38)31(2,3)4)35-30(40)33-18-22-15-23(32)7-12-27(22)41-25-10-11-26-21(16-25)19-34-37(26)13-14-39/h5-6,8-12,15-17,19,23,39H,7,13-14,18H2,1-4H3,(H2,33,35,40). The van der Waals surface area contributed by atoms with E-state index in [-0.39, 0.29) is 25.0 Å². The van der Waals surface area contributed by atoms with Crippen LogP contribution in [0.15, 0.2) is 78.2 Å². The number of ether oxygens (including phenoxy) is 1. The number of nitrogens with zero attached hydrogens (tertiary/aromatic N) is 4. The van der Waals surface area contributed by atoms with Crippen molar-refractivity contribution < 1.29 is 19.0 Å². The van der Waals surface area contributed by atoms with Crippen molar-refractivity contribution in [3.8, 4) is 11.4 Å². The fraction of sp³-hybridized carbons (Fsp3) is 0.323. The smallest absolute Gasteiger partial charge is 0.320 e. The number of carbonyl (C=O) groups excluding carboxylic acids is 1. The van der Waals surface area contributed by atoms with Gasteiger partial charge in [-0.25, -0.2) is 13.9 Å². The Kier molecular flexibility index (Phi) is 7.94. The van der Waals surface area contributed by atoms with E-state index in [1.165, 1.54) is 6.08 Å². The van der Waals surface area contributed by atoms with Gasteiger partial charge in [0, 0.05) is 35.4 Å². The van der Waals surface area contributed by atoms with E-state index in [2.05, 4.69) is 36.5 Å². The number of aliphatic hydroxyl groups excluding tert-OH is 1. The molecule has 5 rings (SSSR count). The molecule has 0 aliphatic heterocycles. The quantitative estimate of drug-likeness (QED) is 0.262. The molecule has 0 radical (unpaired) electrons. The average molecular weight is 559 g/mol. The Labute approximate surface area is 238 Å². The summed E-state index contributed by atoms with van der Waals surface area (Å²) in [4.78, 5) is 13.0. The van der Waals surface area contributed by atoms with Crippen LogP contribution >= 0.6 is 0 Å². The number of carbonyl (C=O) groups is 1. The second kappa shape index (κ2) is 11.6. The fourth-order valence-corrected chi connectivity index (χ4v) is 4.56. The molecule has 0 spiro atoms. The molecule has 1 atom stereocenters. The Morgan fingerprint density at radius 2 is 1.95 bits per heavy atom. The molecule has 3 N–H and O–H groups in total. The van der Waals surface area contributed by atoms with Gasteiger partial charge >= 0.3 is 6.03 Å². The molecule has 1 aliphatic rings. The molecule has 2 heterocycles. The largest absolute Gasteiger partial charge is 0.457 e. The van der Waals surface area contributed by atoms with E-state index in [0.29, 0.717) is 29.4 Å². The second-order valence-electron chi connectivity index (χ2n) is 11.1. The first-order valence-electron chi connectivity index (χ1n) is 13.6. The van der Waals surface area contributed by atoms with Crippen LogP contribution < -0.4 is 15.4 Å². The zero-order valence-corrected chi connectivity index (χ0v) is 23.7. The van der Waals surface area contributed by atoms with Crippen molar-refractivity contribution >= 4 is 22.8 Å². The number of benzene rings is 2. The number of urea groups is 1. The van der Waals surface area contributed by atoms with Gasteiger partial charge < -0.3 is 15.2 Å². The summed E-state index contributed by atoms with van der Waals surface area (Å²) in [5.74, 6) is 1.58. The maximum Gasteiger partial charge on any atom is 0.320 e. The minimum atomic E-state index is -1.17. The van der Waals surface area contributed by atoms with Gasteiger partial charge in [0.2, 0.25) is 0 Å². The van der Waals surface area contributed by atoms with Gasteiger partial charge in [0.25, 0.3) is 0 Å². The van der Waals surface area contributed by atoms with Crippen LogP contribution in [0.3, 0.4) is 0 Å². The molecule has 2 amide bonds. The van der Waals surface area contributed by atoms with Gasteiger partial charge in [0.05, 0.1) is 36.2 Å². The summed E-state index contributed by atoms with van der Waals surface area (Å²) >= 11 is 0. The van der Waals surface area contributed by atoms with Crippen LogP contribution in [0.4, 0.5) is 15.0 Å². The van der Waals surface area contributed by atoms with Crippen LogP contribution in [-0.4, -0.2) is 50.0 Å². The van der Waals surface area contributed by atoms with Crippen LogP contribution in [-0.2, 0) is 12.0 Å². The third-order valence-electron chi connectivity index (χ3n) is 6.82. The molecule has 0 saturated heterocycles. The molecule has 2 aromatic carbocycles. The SMILES string of the molecule is Cc1ccc(-n2nc(C(C)(C)C)cc2NC(=O)NCC2=CC(F)CC=C2Oc2ccc3c(cnn3CCO)c2)cc1. The number of aromatic nitrogens is 4. The van der Waals surface area contributed by atoms with Gasteiger partial charge in [-0.15, -0.1) is 0 Å². The normalized spacial score (nSPS) is 15.4. The van der Waals surface area contributed by atoms with E-state index in [0.717, 1.165) is 27.8 Å². The predicted octanol–water partition coefficient (Wildman–Crippen LogP) is 5.57. The van der Waals surface area contributed by atoms with Crippen LogP contribution in [0.2, 0.25) is 0 Å². The lowest BCUT2D eigenvalue weighted by molar-refractivity contribution is 0.252. The van der Waals surface area contributed by atoms with Gasteiger partial charge in [-0.05, 0) is 49.4 Å². The first-order chi connectivity index (χ1) is 19.6. The molecule has 10 heteroatoms. The molecular formula is C31H35FN6O3. The topological polar surface area (TPSA) is 106 Å². The van der Waals surface area contributed by atoms with Gasteiger partial charge in [-0.2, -0.15) is 10.2 Å². The van der Waals surface area contributed by atoms with Crippen LogP contribution in [0, 0.1) is 6.92 Å². The van der Waals surface area contributed by atoms with Crippen LogP contribution in [0.1, 0.15) is 38.4 Å². The Balaban J connectivity index is 1.29. The number of allylic oxidation sites excluding steroid dienone is 2. The number of nitrogens with one attached hydrogen (secondary N) is 2. The minimum Gasteiger partial charge on any atom is -0.457 e.